The minimum Gasteiger partial charge on any atom is -0.384 e. The topological polar surface area (TPSA) is 41.1 Å². The van der Waals surface area contributed by atoms with Gasteiger partial charge in [0.1, 0.15) is 0 Å². The Balaban J connectivity index is 1.92. The van der Waals surface area contributed by atoms with Gasteiger partial charge in [-0.1, -0.05) is 32.0 Å². The van der Waals surface area contributed by atoms with E-state index in [1.807, 2.05) is 24.3 Å². The molecule has 0 fully saturated rings. The van der Waals surface area contributed by atoms with E-state index in [1.54, 1.807) is 0 Å². The monoisotopic (exact) mass is 336 g/mol. The Hall–Kier alpha value is -2.50. The number of amides is 1. The molecule has 0 aromatic heterocycles. The highest BCUT2D eigenvalue weighted by Gasteiger charge is 2.15. The predicted octanol–water partition coefficient (Wildman–Crippen LogP) is 4.67. The van der Waals surface area contributed by atoms with Crippen LogP contribution in [0.25, 0.3) is 0 Å². The molecule has 2 aromatic carbocycles. The molecule has 0 aliphatic rings. The molecule has 0 heterocycles. The van der Waals surface area contributed by atoms with Crippen molar-refractivity contribution in [3.05, 3.63) is 59.4 Å². The van der Waals surface area contributed by atoms with Gasteiger partial charge in [0.25, 0.3) is 0 Å². The Labute approximate surface area is 138 Å². The largest absolute Gasteiger partial charge is 0.384 e. The van der Waals surface area contributed by atoms with E-state index in [4.69, 9.17) is 0 Å². The van der Waals surface area contributed by atoms with Crippen molar-refractivity contribution in [2.75, 3.05) is 17.2 Å². The van der Waals surface area contributed by atoms with Gasteiger partial charge in [0, 0.05) is 18.7 Å². The van der Waals surface area contributed by atoms with Gasteiger partial charge in [-0.2, -0.15) is 0 Å². The maximum atomic E-state index is 13.5. The molecule has 0 bridgehead atoms. The fourth-order valence-corrected chi connectivity index (χ4v) is 2.31. The van der Waals surface area contributed by atoms with Gasteiger partial charge in [0.2, 0.25) is 5.91 Å². The summed E-state index contributed by atoms with van der Waals surface area (Å²) in [6, 6.07) is 9.52. The van der Waals surface area contributed by atoms with Crippen molar-refractivity contribution >= 4 is 17.3 Å². The molecule has 0 radical (unpaired) electrons. The molecule has 0 spiro atoms. The van der Waals surface area contributed by atoms with Gasteiger partial charge in [-0.15, -0.1) is 0 Å². The highest BCUT2D eigenvalue weighted by molar-refractivity contribution is 5.91. The number of rotatable bonds is 6. The highest BCUT2D eigenvalue weighted by atomic mass is 19.2. The van der Waals surface area contributed by atoms with Gasteiger partial charge in [-0.3, -0.25) is 4.79 Å². The Morgan fingerprint density at radius 1 is 1.00 bits per heavy atom. The Morgan fingerprint density at radius 3 is 2.42 bits per heavy atom. The van der Waals surface area contributed by atoms with Gasteiger partial charge in [-0.25, -0.2) is 13.2 Å². The number of nitrogens with one attached hydrogen (secondary N) is 2. The van der Waals surface area contributed by atoms with Crippen LogP contribution in [-0.4, -0.2) is 12.5 Å². The van der Waals surface area contributed by atoms with E-state index in [-0.39, 0.29) is 12.1 Å². The van der Waals surface area contributed by atoms with Crippen LogP contribution in [-0.2, 0) is 4.79 Å². The summed E-state index contributed by atoms with van der Waals surface area (Å²) in [7, 11) is 0. The van der Waals surface area contributed by atoms with Crippen molar-refractivity contribution in [2.45, 2.75) is 26.2 Å². The molecule has 2 N–H and O–H groups in total. The summed E-state index contributed by atoms with van der Waals surface area (Å²) in [5.74, 6) is -4.45. The fourth-order valence-electron chi connectivity index (χ4n) is 2.31. The summed E-state index contributed by atoms with van der Waals surface area (Å²) in [4.78, 5) is 11.8. The van der Waals surface area contributed by atoms with E-state index in [0.717, 1.165) is 23.4 Å². The lowest BCUT2D eigenvalue weighted by Gasteiger charge is -2.14. The first kappa shape index (κ1) is 17.8. The van der Waals surface area contributed by atoms with Crippen molar-refractivity contribution in [1.29, 1.82) is 0 Å². The zero-order valence-corrected chi connectivity index (χ0v) is 13.5. The lowest BCUT2D eigenvalue weighted by molar-refractivity contribution is -0.116. The second kappa shape index (κ2) is 7.86. The lowest BCUT2D eigenvalue weighted by atomic mass is 10.0. The number of carbonyl (C=O) groups is 1. The Morgan fingerprint density at radius 2 is 1.71 bits per heavy atom. The minimum absolute atomic E-state index is 0.0604. The normalized spacial score (nSPS) is 10.8. The molecule has 24 heavy (non-hydrogen) atoms. The standard InChI is InChI=1S/C18H19F3N2O/c1-11(2)12-5-3-4-6-14(12)22-10-9-16(24)23-15-8-7-13(19)17(20)18(15)21/h3-8,11,22H,9-10H2,1-2H3,(H,23,24). The third-order valence-corrected chi connectivity index (χ3v) is 3.56. The average Bonchev–Trinajstić information content (AvgIpc) is 2.56. The summed E-state index contributed by atoms with van der Waals surface area (Å²) < 4.78 is 39.5. The number of halogens is 3. The number of carbonyl (C=O) groups excluding carboxylic acids is 1. The number of para-hydroxylation sites is 1. The zero-order valence-electron chi connectivity index (χ0n) is 13.5. The van der Waals surface area contributed by atoms with Crippen molar-refractivity contribution in [3.63, 3.8) is 0 Å². The molecule has 0 saturated heterocycles. The molecule has 0 atom stereocenters. The molecule has 0 saturated carbocycles. The zero-order chi connectivity index (χ0) is 17.7. The van der Waals surface area contributed by atoms with Crippen LogP contribution in [0.2, 0.25) is 0 Å². The molecule has 2 rings (SSSR count). The van der Waals surface area contributed by atoms with Crippen LogP contribution in [0, 0.1) is 17.5 Å². The van der Waals surface area contributed by atoms with Crippen LogP contribution < -0.4 is 10.6 Å². The fraction of sp³-hybridized carbons (Fsp3) is 0.278. The van der Waals surface area contributed by atoms with Crippen LogP contribution >= 0.6 is 0 Å². The summed E-state index contributed by atoms with van der Waals surface area (Å²) >= 11 is 0. The summed E-state index contributed by atoms with van der Waals surface area (Å²) in [5, 5.41) is 5.40. The summed E-state index contributed by atoms with van der Waals surface area (Å²) in [5.41, 5.74) is 1.69. The van der Waals surface area contributed by atoms with E-state index in [0.29, 0.717) is 12.5 Å². The van der Waals surface area contributed by atoms with Crippen LogP contribution in [0.1, 0.15) is 31.7 Å². The van der Waals surface area contributed by atoms with Gasteiger partial charge in [0.05, 0.1) is 5.69 Å². The SMILES string of the molecule is CC(C)c1ccccc1NCCC(=O)Nc1ccc(F)c(F)c1F. The Bertz CT molecular complexity index is 732. The van der Waals surface area contributed by atoms with Crippen LogP contribution in [0.3, 0.4) is 0 Å². The predicted molar refractivity (Wildman–Crippen MR) is 88.6 cm³/mol. The molecule has 1 amide bonds. The molecular weight excluding hydrogens is 317 g/mol. The highest BCUT2D eigenvalue weighted by Crippen LogP contribution is 2.23. The first-order valence-electron chi connectivity index (χ1n) is 7.66. The Kier molecular flexibility index (Phi) is 5.84. The van der Waals surface area contributed by atoms with Crippen molar-refractivity contribution in [3.8, 4) is 0 Å². The summed E-state index contributed by atoms with van der Waals surface area (Å²) in [6.45, 7) is 4.47. The second-order valence-electron chi connectivity index (χ2n) is 5.69. The smallest absolute Gasteiger partial charge is 0.226 e. The van der Waals surface area contributed by atoms with Gasteiger partial charge in [0.15, 0.2) is 17.5 Å². The van der Waals surface area contributed by atoms with Gasteiger partial charge < -0.3 is 10.6 Å². The molecule has 0 aliphatic carbocycles. The van der Waals surface area contributed by atoms with E-state index in [9.17, 15) is 18.0 Å². The molecule has 0 aliphatic heterocycles. The van der Waals surface area contributed by atoms with Crippen LogP contribution in [0.5, 0.6) is 0 Å². The maximum absolute atomic E-state index is 13.5. The van der Waals surface area contributed by atoms with Crippen LogP contribution in [0.4, 0.5) is 24.5 Å². The lowest BCUT2D eigenvalue weighted by Crippen LogP contribution is -2.18. The molecule has 0 unspecified atom stereocenters. The summed E-state index contributed by atoms with van der Waals surface area (Å²) in [6.07, 6.45) is 0.0604. The van der Waals surface area contributed by atoms with Crippen molar-refractivity contribution in [2.24, 2.45) is 0 Å². The van der Waals surface area contributed by atoms with Crippen molar-refractivity contribution < 1.29 is 18.0 Å². The molecule has 2 aromatic rings. The third kappa shape index (κ3) is 4.28. The number of hydrogen-bond donors (Lipinski definition) is 2. The van der Waals surface area contributed by atoms with Crippen LogP contribution in [0.15, 0.2) is 36.4 Å². The van der Waals surface area contributed by atoms with Crippen molar-refractivity contribution in [1.82, 2.24) is 0 Å². The average molecular weight is 336 g/mol. The third-order valence-electron chi connectivity index (χ3n) is 3.56. The van der Waals surface area contributed by atoms with E-state index >= 15 is 0 Å². The second-order valence-corrected chi connectivity index (χ2v) is 5.69. The maximum Gasteiger partial charge on any atom is 0.226 e. The number of anilines is 2. The first-order valence-corrected chi connectivity index (χ1v) is 7.66. The molecular formula is C18H19F3N2O. The van der Waals surface area contributed by atoms with E-state index in [2.05, 4.69) is 24.5 Å². The van der Waals surface area contributed by atoms with Gasteiger partial charge in [-0.05, 0) is 29.7 Å². The minimum atomic E-state index is -1.60. The number of hydrogen-bond acceptors (Lipinski definition) is 2. The molecule has 128 valence electrons. The number of benzene rings is 2. The van der Waals surface area contributed by atoms with E-state index < -0.39 is 23.4 Å². The van der Waals surface area contributed by atoms with Gasteiger partial charge >= 0.3 is 0 Å². The molecule has 3 nitrogen and oxygen atoms in total. The first-order chi connectivity index (χ1) is 11.4. The molecule has 6 heteroatoms. The van der Waals surface area contributed by atoms with E-state index in [1.165, 1.54) is 0 Å². The quantitative estimate of drug-likeness (QED) is 0.753.